The number of carbonyl (C=O) groups excluding carboxylic acids is 2. The Morgan fingerprint density at radius 3 is 2.56 bits per heavy atom. The predicted octanol–water partition coefficient (Wildman–Crippen LogP) is 2.24. The number of carbonyl (C=O) groups is 2. The van der Waals surface area contributed by atoms with Gasteiger partial charge in [-0.25, -0.2) is 9.18 Å². The molecule has 27 heavy (non-hydrogen) atoms. The summed E-state index contributed by atoms with van der Waals surface area (Å²) in [7, 11) is 0. The largest absolute Gasteiger partial charge is 0.507 e. The second-order valence-corrected chi connectivity index (χ2v) is 6.83. The minimum Gasteiger partial charge on any atom is -0.507 e. The number of phenols is 1. The van der Waals surface area contributed by atoms with E-state index in [4.69, 9.17) is 4.74 Å². The summed E-state index contributed by atoms with van der Waals surface area (Å²) >= 11 is 0. The van der Waals surface area contributed by atoms with Crippen LogP contribution in [0, 0.1) is 6.92 Å². The second-order valence-electron chi connectivity index (χ2n) is 6.83. The van der Waals surface area contributed by atoms with Gasteiger partial charge in [0.2, 0.25) is 0 Å². The van der Waals surface area contributed by atoms with Crippen molar-refractivity contribution in [1.29, 1.82) is 0 Å². The highest BCUT2D eigenvalue weighted by molar-refractivity contribution is 5.97. The summed E-state index contributed by atoms with van der Waals surface area (Å²) in [6.07, 6.45) is 0.133. The van der Waals surface area contributed by atoms with Gasteiger partial charge in [-0.05, 0) is 56.5 Å². The molecule has 0 bridgehead atoms. The topological polar surface area (TPSA) is 104 Å². The van der Waals surface area contributed by atoms with Crippen molar-refractivity contribution in [2.24, 2.45) is 0 Å². The first-order chi connectivity index (χ1) is 12.5. The lowest BCUT2D eigenvalue weighted by Gasteiger charge is -2.25. The molecule has 7 heteroatoms. The number of alkyl halides is 1. The molecular formula is C20H23FO6. The Labute approximate surface area is 156 Å². The summed E-state index contributed by atoms with van der Waals surface area (Å²) in [4.78, 5) is 24.4. The van der Waals surface area contributed by atoms with Crippen molar-refractivity contribution in [2.45, 2.75) is 51.2 Å². The van der Waals surface area contributed by atoms with Gasteiger partial charge >= 0.3 is 5.97 Å². The second kappa shape index (κ2) is 8.02. The number of benzene rings is 1. The van der Waals surface area contributed by atoms with Gasteiger partial charge in [0.1, 0.15) is 23.5 Å². The smallest absolute Gasteiger partial charge is 0.342 e. The normalized spacial score (nSPS) is 32.1. The zero-order valence-corrected chi connectivity index (χ0v) is 15.3. The number of rotatable bonds is 0. The number of aliphatic hydroxyl groups excluding tert-OH is 2. The number of hydrogen-bond acceptors (Lipinski definition) is 6. The van der Waals surface area contributed by atoms with Crippen LogP contribution in [0.15, 0.2) is 30.4 Å². The standard InChI is InChI=1S/C20H23FO6/c1-11-9-13-5-4-6-14(22)18(25)15(23)7-8-20(3,21)12(2)27-19(26)17(13)16(24)10-11/h4-5,7-10,12,14,18,22,24-25H,6H2,1-3H3/b5-4+,8-7-/t12-,14-,18-,20-/m0/s1. The summed E-state index contributed by atoms with van der Waals surface area (Å²) in [5.74, 6) is -2.09. The van der Waals surface area contributed by atoms with Crippen LogP contribution in [-0.4, -0.2) is 51.1 Å². The molecule has 0 saturated heterocycles. The predicted molar refractivity (Wildman–Crippen MR) is 97.0 cm³/mol. The molecule has 6 nitrogen and oxygen atoms in total. The van der Waals surface area contributed by atoms with Crippen LogP contribution in [0.3, 0.4) is 0 Å². The number of cyclic esters (lactones) is 1. The Morgan fingerprint density at radius 1 is 1.22 bits per heavy atom. The van der Waals surface area contributed by atoms with Gasteiger partial charge in [-0.2, -0.15) is 0 Å². The molecule has 0 saturated carbocycles. The number of ether oxygens (including phenoxy) is 1. The van der Waals surface area contributed by atoms with Gasteiger partial charge in [0.05, 0.1) is 6.10 Å². The SMILES string of the molecule is Cc1cc(O)c2c(c1)/C=C/C[C@H](O)[C@H](O)C(=O)/C=C\[C@](C)(F)[C@H](C)OC2=O. The number of fused-ring (bicyclic) bond motifs is 1. The van der Waals surface area contributed by atoms with E-state index in [1.165, 1.54) is 25.1 Å². The maximum absolute atomic E-state index is 14.8. The fourth-order valence-corrected chi connectivity index (χ4v) is 2.62. The number of aromatic hydroxyl groups is 1. The third-order valence-electron chi connectivity index (χ3n) is 4.48. The molecule has 146 valence electrons. The van der Waals surface area contributed by atoms with Crippen LogP contribution in [0.2, 0.25) is 0 Å². The van der Waals surface area contributed by atoms with Gasteiger partial charge in [-0.15, -0.1) is 0 Å². The van der Waals surface area contributed by atoms with Crippen molar-refractivity contribution in [3.8, 4) is 5.75 Å². The molecule has 0 unspecified atom stereocenters. The molecule has 0 amide bonds. The molecule has 4 atom stereocenters. The van der Waals surface area contributed by atoms with Crippen LogP contribution in [0.1, 0.15) is 41.8 Å². The number of halogens is 1. The van der Waals surface area contributed by atoms with E-state index in [1.807, 2.05) is 0 Å². The van der Waals surface area contributed by atoms with Gasteiger partial charge in [-0.3, -0.25) is 4.79 Å². The Morgan fingerprint density at radius 2 is 1.89 bits per heavy atom. The average molecular weight is 378 g/mol. The first-order valence-electron chi connectivity index (χ1n) is 8.52. The fraction of sp³-hybridized carbons (Fsp3) is 0.400. The zero-order valence-electron chi connectivity index (χ0n) is 15.3. The molecule has 0 aliphatic carbocycles. The van der Waals surface area contributed by atoms with E-state index in [1.54, 1.807) is 13.0 Å². The molecular weight excluding hydrogens is 355 g/mol. The van der Waals surface area contributed by atoms with Crippen LogP contribution >= 0.6 is 0 Å². The van der Waals surface area contributed by atoms with E-state index in [0.29, 0.717) is 11.1 Å². The van der Waals surface area contributed by atoms with Gasteiger partial charge in [0.25, 0.3) is 0 Å². The molecule has 0 aromatic heterocycles. The van der Waals surface area contributed by atoms with Gasteiger partial charge < -0.3 is 20.1 Å². The Balaban J connectivity index is 2.54. The molecule has 3 N–H and O–H groups in total. The van der Waals surface area contributed by atoms with E-state index >= 15 is 0 Å². The Hall–Kier alpha value is -2.51. The molecule has 1 aliphatic heterocycles. The molecule has 1 aromatic rings. The van der Waals surface area contributed by atoms with Crippen LogP contribution in [0.5, 0.6) is 5.75 Å². The first kappa shape index (κ1) is 20.8. The van der Waals surface area contributed by atoms with Crippen molar-refractivity contribution < 1.29 is 34.0 Å². The highest BCUT2D eigenvalue weighted by Gasteiger charge is 2.34. The lowest BCUT2D eigenvalue weighted by atomic mass is 9.97. The fourth-order valence-electron chi connectivity index (χ4n) is 2.62. The zero-order chi connectivity index (χ0) is 20.4. The van der Waals surface area contributed by atoms with Gasteiger partial charge in [-0.1, -0.05) is 18.2 Å². The van der Waals surface area contributed by atoms with Crippen LogP contribution < -0.4 is 0 Å². The average Bonchev–Trinajstić information content (AvgIpc) is 2.57. The summed E-state index contributed by atoms with van der Waals surface area (Å²) in [5, 5.41) is 30.0. The monoisotopic (exact) mass is 378 g/mol. The quantitative estimate of drug-likeness (QED) is 0.598. The summed E-state index contributed by atoms with van der Waals surface area (Å²) in [6.45, 7) is 4.14. The van der Waals surface area contributed by atoms with Gasteiger partial charge in [0.15, 0.2) is 11.5 Å². The number of aliphatic hydroxyl groups is 2. The van der Waals surface area contributed by atoms with Crippen molar-refractivity contribution in [3.63, 3.8) is 0 Å². The summed E-state index contributed by atoms with van der Waals surface area (Å²) in [5.41, 5.74) is -1.36. The molecule has 1 aromatic carbocycles. The first-order valence-corrected chi connectivity index (χ1v) is 8.52. The van der Waals surface area contributed by atoms with E-state index in [0.717, 1.165) is 19.1 Å². The number of ketones is 1. The highest BCUT2D eigenvalue weighted by Crippen LogP contribution is 2.29. The van der Waals surface area contributed by atoms with Crippen LogP contribution in [-0.2, 0) is 9.53 Å². The van der Waals surface area contributed by atoms with Crippen molar-refractivity contribution >= 4 is 17.8 Å². The Kier molecular flexibility index (Phi) is 6.18. The van der Waals surface area contributed by atoms with Gasteiger partial charge in [0, 0.05) is 0 Å². The van der Waals surface area contributed by atoms with Crippen LogP contribution in [0.25, 0.3) is 6.08 Å². The number of phenolic OH excluding ortho intramolecular Hbond substituents is 1. The molecule has 1 heterocycles. The number of hydrogen-bond donors (Lipinski definition) is 3. The number of aryl methyl sites for hydroxylation is 1. The molecule has 0 fully saturated rings. The van der Waals surface area contributed by atoms with Crippen molar-refractivity contribution in [1.82, 2.24) is 0 Å². The maximum atomic E-state index is 14.8. The third kappa shape index (κ3) is 4.81. The number of esters is 1. The highest BCUT2D eigenvalue weighted by atomic mass is 19.1. The summed E-state index contributed by atoms with van der Waals surface area (Å²) < 4.78 is 20.0. The molecule has 0 spiro atoms. The van der Waals surface area contributed by atoms with E-state index in [-0.39, 0.29) is 17.7 Å². The van der Waals surface area contributed by atoms with Crippen LogP contribution in [0.4, 0.5) is 4.39 Å². The van der Waals surface area contributed by atoms with Crippen molar-refractivity contribution in [3.05, 3.63) is 47.1 Å². The van der Waals surface area contributed by atoms with E-state index in [2.05, 4.69) is 0 Å². The minimum absolute atomic E-state index is 0.0900. The Bertz CT molecular complexity index is 796. The van der Waals surface area contributed by atoms with Crippen molar-refractivity contribution in [2.75, 3.05) is 0 Å². The van der Waals surface area contributed by atoms with E-state index < -0.39 is 35.7 Å². The molecule has 2 rings (SSSR count). The summed E-state index contributed by atoms with van der Waals surface area (Å²) in [6, 6.07) is 3.00. The van der Waals surface area contributed by atoms with E-state index in [9.17, 15) is 29.3 Å². The molecule has 1 aliphatic rings. The minimum atomic E-state index is -2.21. The third-order valence-corrected chi connectivity index (χ3v) is 4.48. The molecule has 0 radical (unpaired) electrons. The lowest BCUT2D eigenvalue weighted by molar-refractivity contribution is -0.127. The lowest BCUT2D eigenvalue weighted by Crippen LogP contribution is -2.36. The maximum Gasteiger partial charge on any atom is 0.342 e.